The van der Waals surface area contributed by atoms with Crippen molar-refractivity contribution in [2.24, 2.45) is 0 Å². The first kappa shape index (κ1) is 22.3. The van der Waals surface area contributed by atoms with Gasteiger partial charge in [-0.15, -0.1) is 0 Å². The maximum Gasteiger partial charge on any atom is 0.308 e. The maximum atomic E-state index is 13.7. The van der Waals surface area contributed by atoms with Gasteiger partial charge in [-0.3, -0.25) is 9.59 Å². The van der Waals surface area contributed by atoms with Crippen molar-refractivity contribution >= 4 is 23.0 Å². The topological polar surface area (TPSA) is 93.4 Å². The van der Waals surface area contributed by atoms with Crippen molar-refractivity contribution in [1.82, 2.24) is 0 Å². The standard InChI is InChI=1S/C25H24O8/c1-13(26)32-21-11-18-14(7-8-25(2,3)33-18)24-22(21)23(27)16(12-31-24)15-9-19(29-5)20(30-6)10-17(15)28-4/h7-12H,1-6H3. The molecule has 3 aromatic rings. The van der Waals surface area contributed by atoms with Crippen LogP contribution in [-0.2, 0) is 4.79 Å². The molecule has 8 heteroatoms. The third kappa shape index (κ3) is 3.88. The van der Waals surface area contributed by atoms with Crippen LogP contribution in [0.15, 0.2) is 39.7 Å². The van der Waals surface area contributed by atoms with Crippen LogP contribution >= 0.6 is 0 Å². The molecule has 1 aliphatic rings. The highest BCUT2D eigenvalue weighted by Gasteiger charge is 2.28. The SMILES string of the molecule is COc1cc(OC)c(-c2coc3c4c(cc(OC(C)=O)c3c2=O)OC(C)(C)C=C4)cc1OC. The van der Waals surface area contributed by atoms with Gasteiger partial charge in [-0.25, -0.2) is 0 Å². The molecule has 33 heavy (non-hydrogen) atoms. The van der Waals surface area contributed by atoms with Gasteiger partial charge in [0.1, 0.15) is 34.5 Å². The third-order valence-electron chi connectivity index (χ3n) is 5.29. The molecule has 0 bridgehead atoms. The number of hydrogen-bond acceptors (Lipinski definition) is 8. The molecule has 8 nitrogen and oxygen atoms in total. The molecule has 172 valence electrons. The van der Waals surface area contributed by atoms with Gasteiger partial charge in [0.15, 0.2) is 17.1 Å². The van der Waals surface area contributed by atoms with Gasteiger partial charge in [0, 0.05) is 24.6 Å². The molecule has 0 radical (unpaired) electrons. The molecule has 0 N–H and O–H groups in total. The summed E-state index contributed by atoms with van der Waals surface area (Å²) in [5, 5.41) is 0.117. The number of ether oxygens (including phenoxy) is 5. The summed E-state index contributed by atoms with van der Waals surface area (Å²) >= 11 is 0. The highest BCUT2D eigenvalue weighted by molar-refractivity contribution is 5.97. The minimum absolute atomic E-state index is 0.0531. The van der Waals surface area contributed by atoms with Gasteiger partial charge in [-0.2, -0.15) is 0 Å². The molecule has 4 rings (SSSR count). The molecule has 2 aromatic carbocycles. The highest BCUT2D eigenvalue weighted by atomic mass is 16.5. The van der Waals surface area contributed by atoms with Crippen molar-refractivity contribution in [3.05, 3.63) is 46.3 Å². The summed E-state index contributed by atoms with van der Waals surface area (Å²) in [6.07, 6.45) is 5.05. The predicted octanol–water partition coefficient (Wildman–Crippen LogP) is 4.60. The zero-order valence-corrected chi connectivity index (χ0v) is 19.2. The molecule has 0 saturated carbocycles. The number of carbonyl (C=O) groups is 1. The molecule has 1 aliphatic heterocycles. The summed E-state index contributed by atoms with van der Waals surface area (Å²) in [4.78, 5) is 25.5. The predicted molar refractivity (Wildman–Crippen MR) is 123 cm³/mol. The number of benzene rings is 2. The van der Waals surface area contributed by atoms with E-state index < -0.39 is 17.0 Å². The first-order valence-corrected chi connectivity index (χ1v) is 10.2. The van der Waals surface area contributed by atoms with Crippen LogP contribution in [0, 0.1) is 0 Å². The lowest BCUT2D eigenvalue weighted by Gasteiger charge is -2.28. The average molecular weight is 452 g/mol. The first-order valence-electron chi connectivity index (χ1n) is 10.2. The Morgan fingerprint density at radius 1 is 0.909 bits per heavy atom. The van der Waals surface area contributed by atoms with E-state index in [-0.39, 0.29) is 22.3 Å². The van der Waals surface area contributed by atoms with E-state index in [1.54, 1.807) is 12.1 Å². The number of methoxy groups -OCH3 is 3. The highest BCUT2D eigenvalue weighted by Crippen LogP contribution is 2.43. The molecule has 0 spiro atoms. The second-order valence-corrected chi connectivity index (χ2v) is 8.01. The van der Waals surface area contributed by atoms with Gasteiger partial charge in [0.25, 0.3) is 0 Å². The van der Waals surface area contributed by atoms with E-state index in [1.165, 1.54) is 40.6 Å². The third-order valence-corrected chi connectivity index (χ3v) is 5.29. The fourth-order valence-corrected chi connectivity index (χ4v) is 3.78. The molecule has 0 aliphatic carbocycles. The molecule has 0 atom stereocenters. The Labute approximate surface area is 190 Å². The van der Waals surface area contributed by atoms with Gasteiger partial charge in [-0.1, -0.05) is 0 Å². The van der Waals surface area contributed by atoms with Crippen LogP contribution in [0.4, 0.5) is 0 Å². The molecule has 0 saturated heterocycles. The smallest absolute Gasteiger partial charge is 0.308 e. The maximum absolute atomic E-state index is 13.7. The number of carbonyl (C=O) groups excluding carboxylic acids is 1. The second kappa shape index (κ2) is 8.20. The van der Waals surface area contributed by atoms with Crippen LogP contribution in [0.2, 0.25) is 0 Å². The largest absolute Gasteiger partial charge is 0.496 e. The van der Waals surface area contributed by atoms with Gasteiger partial charge in [-0.05, 0) is 32.1 Å². The second-order valence-electron chi connectivity index (χ2n) is 8.01. The number of esters is 1. The molecule has 0 unspecified atom stereocenters. The molecule has 0 amide bonds. The van der Waals surface area contributed by atoms with E-state index in [1.807, 2.05) is 26.0 Å². The molecule has 0 fully saturated rings. The van der Waals surface area contributed by atoms with Gasteiger partial charge in [0.05, 0.1) is 32.5 Å². The summed E-state index contributed by atoms with van der Waals surface area (Å²) in [7, 11) is 4.49. The van der Waals surface area contributed by atoms with Gasteiger partial charge in [0.2, 0.25) is 5.43 Å². The minimum atomic E-state index is -0.574. The van der Waals surface area contributed by atoms with Gasteiger partial charge >= 0.3 is 5.97 Å². The lowest BCUT2D eigenvalue weighted by molar-refractivity contribution is -0.131. The average Bonchev–Trinajstić information content (AvgIpc) is 2.77. The Hall–Kier alpha value is -3.94. The molecule has 2 heterocycles. The fourth-order valence-electron chi connectivity index (χ4n) is 3.78. The zero-order chi connectivity index (χ0) is 23.9. The van der Waals surface area contributed by atoms with Crippen molar-refractivity contribution in [1.29, 1.82) is 0 Å². The Bertz CT molecular complexity index is 1350. The van der Waals surface area contributed by atoms with E-state index in [0.29, 0.717) is 34.1 Å². The lowest BCUT2D eigenvalue weighted by atomic mass is 9.98. The molecular formula is C25H24O8. The first-order chi connectivity index (χ1) is 15.7. The quantitative estimate of drug-likeness (QED) is 0.410. The zero-order valence-electron chi connectivity index (χ0n) is 19.2. The fraction of sp³-hybridized carbons (Fsp3) is 0.280. The van der Waals surface area contributed by atoms with E-state index >= 15 is 0 Å². The molecular weight excluding hydrogens is 428 g/mol. The number of fused-ring (bicyclic) bond motifs is 3. The van der Waals surface area contributed by atoms with Gasteiger partial charge < -0.3 is 28.1 Å². The minimum Gasteiger partial charge on any atom is -0.496 e. The number of hydrogen-bond donors (Lipinski definition) is 0. The normalized spacial score (nSPS) is 13.8. The van der Waals surface area contributed by atoms with Crippen LogP contribution in [0.3, 0.4) is 0 Å². The molecule has 1 aromatic heterocycles. The Balaban J connectivity index is 2.04. The van der Waals surface area contributed by atoms with Crippen molar-refractivity contribution in [2.45, 2.75) is 26.4 Å². The van der Waals surface area contributed by atoms with Crippen molar-refractivity contribution in [3.63, 3.8) is 0 Å². The van der Waals surface area contributed by atoms with E-state index in [2.05, 4.69) is 0 Å². The van der Waals surface area contributed by atoms with Crippen molar-refractivity contribution in [3.8, 4) is 39.9 Å². The summed E-state index contributed by atoms with van der Waals surface area (Å²) in [6.45, 7) is 5.05. The van der Waals surface area contributed by atoms with E-state index in [0.717, 1.165) is 0 Å². The van der Waals surface area contributed by atoms with Crippen LogP contribution in [-0.4, -0.2) is 32.9 Å². The monoisotopic (exact) mass is 452 g/mol. The lowest BCUT2D eigenvalue weighted by Crippen LogP contribution is -2.27. The van der Waals surface area contributed by atoms with Crippen LogP contribution in [0.25, 0.3) is 28.2 Å². The summed E-state index contributed by atoms with van der Waals surface area (Å²) < 4.78 is 33.5. The van der Waals surface area contributed by atoms with Crippen LogP contribution in [0.1, 0.15) is 26.3 Å². The van der Waals surface area contributed by atoms with E-state index in [9.17, 15) is 9.59 Å². The Kier molecular flexibility index (Phi) is 5.53. The van der Waals surface area contributed by atoms with Crippen molar-refractivity contribution in [2.75, 3.05) is 21.3 Å². The Morgan fingerprint density at radius 2 is 1.58 bits per heavy atom. The van der Waals surface area contributed by atoms with E-state index in [4.69, 9.17) is 28.1 Å². The number of rotatable bonds is 5. The van der Waals surface area contributed by atoms with Crippen LogP contribution < -0.4 is 29.1 Å². The van der Waals surface area contributed by atoms with Crippen molar-refractivity contribution < 1.29 is 32.9 Å². The van der Waals surface area contributed by atoms with Crippen LogP contribution in [0.5, 0.6) is 28.7 Å². The summed E-state index contributed by atoms with van der Waals surface area (Å²) in [6, 6.07) is 4.79. The summed E-state index contributed by atoms with van der Waals surface area (Å²) in [5.74, 6) is 1.18. The summed E-state index contributed by atoms with van der Waals surface area (Å²) in [5.41, 5.74) is 0.507. The Morgan fingerprint density at radius 3 is 2.21 bits per heavy atom.